The topological polar surface area (TPSA) is 53.1 Å². The summed E-state index contributed by atoms with van der Waals surface area (Å²) in [6.07, 6.45) is 8.64. The lowest BCUT2D eigenvalue weighted by molar-refractivity contribution is 0.00901. The Hall–Kier alpha value is -0.580. The highest BCUT2D eigenvalue weighted by Gasteiger charge is 2.20. The van der Waals surface area contributed by atoms with Crippen LogP contribution in [0.4, 0.5) is 0 Å². The molecule has 2 heterocycles. The van der Waals surface area contributed by atoms with Gasteiger partial charge in [0.2, 0.25) is 0 Å². The quantitative estimate of drug-likeness (QED) is 0.872. The first-order chi connectivity index (χ1) is 9.22. The Morgan fingerprint density at radius 3 is 3.11 bits per heavy atom. The van der Waals surface area contributed by atoms with Gasteiger partial charge in [0.25, 0.3) is 0 Å². The second kappa shape index (κ2) is 7.27. The molecule has 0 spiro atoms. The molecule has 2 atom stereocenters. The molecular weight excluding hydrogens is 262 g/mol. The zero-order valence-electron chi connectivity index (χ0n) is 11.6. The number of halogens is 1. The lowest BCUT2D eigenvalue weighted by Gasteiger charge is -2.24. The van der Waals surface area contributed by atoms with E-state index in [1.165, 1.54) is 12.8 Å². The molecule has 0 aromatic carbocycles. The molecule has 1 fully saturated rings. The van der Waals surface area contributed by atoms with Crippen molar-refractivity contribution >= 4 is 11.6 Å². The van der Waals surface area contributed by atoms with Gasteiger partial charge in [-0.2, -0.15) is 5.10 Å². The first kappa shape index (κ1) is 14.8. The molecule has 0 aliphatic carbocycles. The predicted molar refractivity (Wildman–Crippen MR) is 77.3 cm³/mol. The van der Waals surface area contributed by atoms with E-state index in [9.17, 15) is 0 Å². The average molecular weight is 286 g/mol. The Morgan fingerprint density at radius 1 is 1.58 bits per heavy atom. The maximum Gasteiger partial charge on any atom is 0.0834 e. The summed E-state index contributed by atoms with van der Waals surface area (Å²) in [5, 5.41) is 4.98. The van der Waals surface area contributed by atoms with Crippen LogP contribution in [0.25, 0.3) is 0 Å². The first-order valence-corrected chi connectivity index (χ1v) is 7.68. The molecule has 1 saturated heterocycles. The van der Waals surface area contributed by atoms with Gasteiger partial charge in [-0.05, 0) is 38.5 Å². The van der Waals surface area contributed by atoms with Crippen LogP contribution in [0.15, 0.2) is 6.20 Å². The van der Waals surface area contributed by atoms with Crippen molar-refractivity contribution in [2.45, 2.75) is 64.1 Å². The second-order valence-corrected chi connectivity index (χ2v) is 5.68. The molecule has 1 aromatic rings. The fourth-order valence-corrected chi connectivity index (χ4v) is 2.95. The number of nitrogens with two attached hydrogens (primary N) is 1. The van der Waals surface area contributed by atoms with Gasteiger partial charge in [0.05, 0.1) is 23.0 Å². The highest BCUT2D eigenvalue weighted by molar-refractivity contribution is 6.31. The number of aromatic nitrogens is 2. The molecule has 2 unspecified atom stereocenters. The summed E-state index contributed by atoms with van der Waals surface area (Å²) < 4.78 is 7.68. The number of rotatable bonds is 6. The Kier molecular flexibility index (Phi) is 5.67. The summed E-state index contributed by atoms with van der Waals surface area (Å²) in [5.74, 6) is 0. The molecule has 19 heavy (non-hydrogen) atoms. The lowest BCUT2D eigenvalue weighted by atomic mass is 10.0. The highest BCUT2D eigenvalue weighted by Crippen LogP contribution is 2.27. The van der Waals surface area contributed by atoms with E-state index < -0.39 is 0 Å². The Morgan fingerprint density at radius 2 is 2.42 bits per heavy atom. The third kappa shape index (κ3) is 3.94. The van der Waals surface area contributed by atoms with Gasteiger partial charge in [0, 0.05) is 19.2 Å². The second-order valence-electron chi connectivity index (χ2n) is 5.27. The smallest absolute Gasteiger partial charge is 0.0834 e. The first-order valence-electron chi connectivity index (χ1n) is 7.30. The van der Waals surface area contributed by atoms with Crippen molar-refractivity contribution in [1.29, 1.82) is 0 Å². The van der Waals surface area contributed by atoms with Gasteiger partial charge in [-0.3, -0.25) is 4.68 Å². The van der Waals surface area contributed by atoms with Crippen LogP contribution in [-0.4, -0.2) is 22.5 Å². The summed E-state index contributed by atoms with van der Waals surface area (Å²) in [4.78, 5) is 0. The maximum absolute atomic E-state index is 6.29. The molecule has 0 bridgehead atoms. The molecule has 0 radical (unpaired) electrons. The Bertz CT molecular complexity index is 388. The van der Waals surface area contributed by atoms with Crippen molar-refractivity contribution in [3.8, 4) is 0 Å². The number of hydrogen-bond donors (Lipinski definition) is 1. The van der Waals surface area contributed by atoms with E-state index >= 15 is 0 Å². The van der Waals surface area contributed by atoms with Crippen LogP contribution in [0.1, 0.15) is 57.2 Å². The van der Waals surface area contributed by atoms with Crippen LogP contribution in [0.2, 0.25) is 5.02 Å². The number of ether oxygens (including phenoxy) is 1. The molecule has 2 N–H and O–H groups in total. The molecule has 4 nitrogen and oxygen atoms in total. The standard InChI is InChI=1S/C14H24ClN3O/c1-2-8-18-14(12(15)10-17-18)13(16)7-6-11-5-3-4-9-19-11/h10-11,13H,2-9,16H2,1H3. The third-order valence-corrected chi connectivity index (χ3v) is 3.98. The fraction of sp³-hybridized carbons (Fsp3) is 0.786. The monoisotopic (exact) mass is 285 g/mol. The number of aryl methyl sites for hydroxylation is 1. The van der Waals surface area contributed by atoms with Crippen LogP contribution < -0.4 is 5.73 Å². The molecule has 0 saturated carbocycles. The Labute approximate surface area is 120 Å². The molecule has 5 heteroatoms. The normalized spacial score (nSPS) is 21.5. The van der Waals surface area contributed by atoms with E-state index in [0.29, 0.717) is 11.1 Å². The molecule has 1 aromatic heterocycles. The van der Waals surface area contributed by atoms with Crippen molar-refractivity contribution in [3.63, 3.8) is 0 Å². The molecule has 1 aliphatic heterocycles. The minimum atomic E-state index is -0.0490. The van der Waals surface area contributed by atoms with Crippen molar-refractivity contribution in [3.05, 3.63) is 16.9 Å². The van der Waals surface area contributed by atoms with Crippen LogP contribution >= 0.6 is 11.6 Å². The van der Waals surface area contributed by atoms with Gasteiger partial charge >= 0.3 is 0 Å². The van der Waals surface area contributed by atoms with Crippen molar-refractivity contribution < 1.29 is 4.74 Å². The Balaban J connectivity index is 1.91. The van der Waals surface area contributed by atoms with Gasteiger partial charge in [0.15, 0.2) is 0 Å². The van der Waals surface area contributed by atoms with Gasteiger partial charge in [0.1, 0.15) is 0 Å². The SMILES string of the molecule is CCCn1ncc(Cl)c1C(N)CCC1CCCCO1. The minimum absolute atomic E-state index is 0.0490. The molecule has 108 valence electrons. The van der Waals surface area contributed by atoms with E-state index in [-0.39, 0.29) is 6.04 Å². The fourth-order valence-electron chi connectivity index (χ4n) is 2.67. The van der Waals surface area contributed by atoms with E-state index in [1.807, 2.05) is 4.68 Å². The van der Waals surface area contributed by atoms with E-state index in [0.717, 1.165) is 44.5 Å². The summed E-state index contributed by atoms with van der Waals surface area (Å²) >= 11 is 6.20. The van der Waals surface area contributed by atoms with Crippen molar-refractivity contribution in [2.24, 2.45) is 5.73 Å². The lowest BCUT2D eigenvalue weighted by Crippen LogP contribution is -2.23. The van der Waals surface area contributed by atoms with Gasteiger partial charge in [-0.25, -0.2) is 0 Å². The summed E-state index contributed by atoms with van der Waals surface area (Å²) in [5.41, 5.74) is 7.26. The molecular formula is C14H24ClN3O. The molecule has 0 amide bonds. The van der Waals surface area contributed by atoms with Crippen molar-refractivity contribution in [1.82, 2.24) is 9.78 Å². The van der Waals surface area contributed by atoms with Crippen LogP contribution in [0.5, 0.6) is 0 Å². The van der Waals surface area contributed by atoms with Crippen LogP contribution in [0.3, 0.4) is 0 Å². The van der Waals surface area contributed by atoms with Crippen LogP contribution in [-0.2, 0) is 11.3 Å². The third-order valence-electron chi connectivity index (χ3n) is 3.69. The maximum atomic E-state index is 6.29. The zero-order valence-corrected chi connectivity index (χ0v) is 12.4. The molecule has 1 aliphatic rings. The van der Waals surface area contributed by atoms with Crippen molar-refractivity contribution in [2.75, 3.05) is 6.61 Å². The van der Waals surface area contributed by atoms with Gasteiger partial charge in [-0.1, -0.05) is 18.5 Å². The predicted octanol–water partition coefficient (Wildman–Crippen LogP) is 3.30. The number of hydrogen-bond acceptors (Lipinski definition) is 3. The summed E-state index contributed by atoms with van der Waals surface area (Å²) in [6.45, 7) is 3.89. The zero-order chi connectivity index (χ0) is 13.7. The largest absolute Gasteiger partial charge is 0.378 e. The average Bonchev–Trinajstić information content (AvgIpc) is 2.79. The van der Waals surface area contributed by atoms with Gasteiger partial charge in [-0.15, -0.1) is 0 Å². The van der Waals surface area contributed by atoms with E-state index in [1.54, 1.807) is 6.20 Å². The van der Waals surface area contributed by atoms with Gasteiger partial charge < -0.3 is 10.5 Å². The molecule has 2 rings (SSSR count). The van der Waals surface area contributed by atoms with Crippen LogP contribution in [0, 0.1) is 0 Å². The van der Waals surface area contributed by atoms with E-state index in [2.05, 4.69) is 12.0 Å². The summed E-state index contributed by atoms with van der Waals surface area (Å²) in [7, 11) is 0. The highest BCUT2D eigenvalue weighted by atomic mass is 35.5. The summed E-state index contributed by atoms with van der Waals surface area (Å²) in [6, 6.07) is -0.0490. The van der Waals surface area contributed by atoms with E-state index in [4.69, 9.17) is 22.1 Å². The minimum Gasteiger partial charge on any atom is -0.378 e. The number of nitrogens with zero attached hydrogens (tertiary/aromatic N) is 2.